The summed E-state index contributed by atoms with van der Waals surface area (Å²) in [4.78, 5) is 12.1. The molecule has 0 spiro atoms. The zero-order valence-corrected chi connectivity index (χ0v) is 12.0. The summed E-state index contributed by atoms with van der Waals surface area (Å²) in [5.74, 6) is 0.845. The molecule has 20 heavy (non-hydrogen) atoms. The van der Waals surface area contributed by atoms with Crippen LogP contribution in [0.15, 0.2) is 24.3 Å². The number of anilines is 1. The maximum Gasteiger partial charge on any atom is 0.241 e. The first-order chi connectivity index (χ1) is 9.83. The number of nitrogens with one attached hydrogen (secondary N) is 2. The van der Waals surface area contributed by atoms with Crippen molar-refractivity contribution in [3.8, 4) is 0 Å². The fraction of sp³-hybridized carbons (Fsp3) is 0.588. The van der Waals surface area contributed by atoms with E-state index in [9.17, 15) is 4.79 Å². The van der Waals surface area contributed by atoms with E-state index in [1.807, 2.05) is 12.1 Å². The third-order valence-corrected chi connectivity index (χ3v) is 4.63. The highest BCUT2D eigenvalue weighted by Gasteiger charge is 2.21. The van der Waals surface area contributed by atoms with Crippen LogP contribution in [-0.2, 0) is 4.79 Å². The first-order valence-corrected chi connectivity index (χ1v) is 7.97. The highest BCUT2D eigenvalue weighted by Crippen LogP contribution is 2.34. The monoisotopic (exact) mass is 272 g/mol. The van der Waals surface area contributed by atoms with Crippen LogP contribution in [0.5, 0.6) is 0 Å². The average Bonchev–Trinajstić information content (AvgIpc) is 3.03. The number of carbonyl (C=O) groups is 1. The van der Waals surface area contributed by atoms with Crippen LogP contribution in [0.4, 0.5) is 5.69 Å². The Morgan fingerprint density at radius 3 is 2.35 bits per heavy atom. The number of benzene rings is 1. The number of amides is 1. The molecule has 0 aromatic heterocycles. The van der Waals surface area contributed by atoms with Crippen molar-refractivity contribution in [1.29, 1.82) is 0 Å². The molecule has 3 rings (SSSR count). The van der Waals surface area contributed by atoms with Gasteiger partial charge in [-0.25, -0.2) is 0 Å². The van der Waals surface area contributed by atoms with Gasteiger partial charge in [0.05, 0.1) is 6.04 Å². The van der Waals surface area contributed by atoms with Crippen LogP contribution in [0.1, 0.15) is 56.4 Å². The summed E-state index contributed by atoms with van der Waals surface area (Å²) < 4.78 is 0. The van der Waals surface area contributed by atoms with Crippen LogP contribution in [0.2, 0.25) is 0 Å². The lowest BCUT2D eigenvalue weighted by molar-refractivity contribution is -0.118. The molecule has 1 aliphatic heterocycles. The molecule has 108 valence electrons. The third-order valence-electron chi connectivity index (χ3n) is 4.63. The molecule has 0 bridgehead atoms. The van der Waals surface area contributed by atoms with Crippen molar-refractivity contribution in [2.24, 2.45) is 0 Å². The maximum absolute atomic E-state index is 12.1. The quantitative estimate of drug-likeness (QED) is 0.885. The van der Waals surface area contributed by atoms with Gasteiger partial charge >= 0.3 is 0 Å². The first-order valence-electron chi connectivity index (χ1n) is 7.97. The lowest BCUT2D eigenvalue weighted by atomic mass is 9.97. The SMILES string of the molecule is O=C(Nc1ccc(C2CCCC2)cc1)C1CCCCN1. The van der Waals surface area contributed by atoms with E-state index >= 15 is 0 Å². The van der Waals surface area contributed by atoms with E-state index in [0.717, 1.165) is 31.0 Å². The second-order valence-electron chi connectivity index (χ2n) is 6.10. The zero-order valence-electron chi connectivity index (χ0n) is 12.0. The van der Waals surface area contributed by atoms with Gasteiger partial charge in [0.25, 0.3) is 0 Å². The van der Waals surface area contributed by atoms with Crippen molar-refractivity contribution >= 4 is 11.6 Å². The molecule has 3 nitrogen and oxygen atoms in total. The molecule has 1 amide bonds. The van der Waals surface area contributed by atoms with Gasteiger partial charge in [-0.2, -0.15) is 0 Å². The Morgan fingerprint density at radius 2 is 1.70 bits per heavy atom. The number of hydrogen-bond donors (Lipinski definition) is 2. The minimum absolute atomic E-state index is 0.0155. The van der Waals surface area contributed by atoms with E-state index in [1.54, 1.807) is 0 Å². The van der Waals surface area contributed by atoms with Gasteiger partial charge in [-0.05, 0) is 55.8 Å². The van der Waals surface area contributed by atoms with E-state index < -0.39 is 0 Å². The van der Waals surface area contributed by atoms with Gasteiger partial charge in [-0.15, -0.1) is 0 Å². The highest BCUT2D eigenvalue weighted by atomic mass is 16.2. The topological polar surface area (TPSA) is 41.1 Å². The first kappa shape index (κ1) is 13.6. The van der Waals surface area contributed by atoms with Crippen molar-refractivity contribution < 1.29 is 4.79 Å². The number of piperidine rings is 1. The Bertz CT molecular complexity index is 443. The van der Waals surface area contributed by atoms with Crippen molar-refractivity contribution in [1.82, 2.24) is 5.32 Å². The van der Waals surface area contributed by atoms with Gasteiger partial charge in [0.1, 0.15) is 0 Å². The molecule has 1 saturated heterocycles. The van der Waals surface area contributed by atoms with Crippen LogP contribution in [0.25, 0.3) is 0 Å². The number of hydrogen-bond acceptors (Lipinski definition) is 2. The van der Waals surface area contributed by atoms with Gasteiger partial charge in [0.15, 0.2) is 0 Å². The van der Waals surface area contributed by atoms with Crippen molar-refractivity contribution in [2.75, 3.05) is 11.9 Å². The molecule has 1 unspecified atom stereocenters. The molecule has 1 saturated carbocycles. The normalized spacial score (nSPS) is 23.7. The van der Waals surface area contributed by atoms with E-state index in [2.05, 4.69) is 22.8 Å². The number of carbonyl (C=O) groups excluding carboxylic acids is 1. The minimum Gasteiger partial charge on any atom is -0.325 e. The van der Waals surface area contributed by atoms with Crippen LogP contribution in [0.3, 0.4) is 0 Å². The fourth-order valence-electron chi connectivity index (χ4n) is 3.40. The second-order valence-corrected chi connectivity index (χ2v) is 6.10. The summed E-state index contributed by atoms with van der Waals surface area (Å²) in [6.45, 7) is 0.957. The maximum atomic E-state index is 12.1. The Hall–Kier alpha value is -1.35. The molecule has 1 aromatic rings. The predicted molar refractivity (Wildman–Crippen MR) is 81.9 cm³/mol. The summed E-state index contributed by atoms with van der Waals surface area (Å²) in [5, 5.41) is 6.31. The lowest BCUT2D eigenvalue weighted by Crippen LogP contribution is -2.43. The summed E-state index contributed by atoms with van der Waals surface area (Å²) in [6.07, 6.45) is 8.62. The fourth-order valence-corrected chi connectivity index (χ4v) is 3.40. The van der Waals surface area contributed by atoms with Crippen LogP contribution < -0.4 is 10.6 Å². The van der Waals surface area contributed by atoms with Gasteiger partial charge in [-0.3, -0.25) is 4.79 Å². The van der Waals surface area contributed by atoms with E-state index in [1.165, 1.54) is 37.7 Å². The predicted octanol–water partition coefficient (Wildman–Crippen LogP) is 3.42. The molecule has 1 aliphatic carbocycles. The van der Waals surface area contributed by atoms with E-state index in [4.69, 9.17) is 0 Å². The summed E-state index contributed by atoms with van der Waals surface area (Å²) >= 11 is 0. The standard InChI is InChI=1S/C17H24N2O/c20-17(16-7-3-4-12-18-16)19-15-10-8-14(9-11-15)13-5-1-2-6-13/h8-11,13,16,18H,1-7,12H2,(H,19,20). The Morgan fingerprint density at radius 1 is 1.00 bits per heavy atom. The van der Waals surface area contributed by atoms with Crippen molar-refractivity contribution in [3.63, 3.8) is 0 Å². The van der Waals surface area contributed by atoms with Gasteiger partial charge < -0.3 is 10.6 Å². The molecule has 2 fully saturated rings. The summed E-state index contributed by atoms with van der Waals surface area (Å²) in [7, 11) is 0. The molecule has 1 heterocycles. The third kappa shape index (κ3) is 3.21. The largest absolute Gasteiger partial charge is 0.325 e. The van der Waals surface area contributed by atoms with Gasteiger partial charge in [0.2, 0.25) is 5.91 Å². The molecule has 1 aromatic carbocycles. The Balaban J connectivity index is 1.58. The molecule has 2 aliphatic rings. The van der Waals surface area contributed by atoms with Crippen LogP contribution >= 0.6 is 0 Å². The van der Waals surface area contributed by atoms with E-state index in [0.29, 0.717) is 0 Å². The molecule has 0 radical (unpaired) electrons. The molecular formula is C17H24N2O. The molecule has 1 atom stereocenters. The Kier molecular flexibility index (Phi) is 4.36. The van der Waals surface area contributed by atoms with Gasteiger partial charge in [0, 0.05) is 5.69 Å². The Labute approximate surface area is 121 Å². The minimum atomic E-state index is -0.0155. The second kappa shape index (κ2) is 6.40. The summed E-state index contributed by atoms with van der Waals surface area (Å²) in [5.41, 5.74) is 2.35. The molecular weight excluding hydrogens is 248 g/mol. The zero-order chi connectivity index (χ0) is 13.8. The number of rotatable bonds is 3. The van der Waals surface area contributed by atoms with Crippen molar-refractivity contribution in [2.45, 2.75) is 56.9 Å². The van der Waals surface area contributed by atoms with Crippen LogP contribution in [0, 0.1) is 0 Å². The van der Waals surface area contributed by atoms with Crippen LogP contribution in [-0.4, -0.2) is 18.5 Å². The van der Waals surface area contributed by atoms with Gasteiger partial charge in [-0.1, -0.05) is 31.4 Å². The van der Waals surface area contributed by atoms with Crippen molar-refractivity contribution in [3.05, 3.63) is 29.8 Å². The molecule has 3 heteroatoms. The summed E-state index contributed by atoms with van der Waals surface area (Å²) in [6, 6.07) is 8.45. The molecule has 2 N–H and O–H groups in total. The lowest BCUT2D eigenvalue weighted by Gasteiger charge is -2.22. The smallest absolute Gasteiger partial charge is 0.241 e. The average molecular weight is 272 g/mol. The highest BCUT2D eigenvalue weighted by molar-refractivity contribution is 5.94. The van der Waals surface area contributed by atoms with E-state index in [-0.39, 0.29) is 11.9 Å².